The van der Waals surface area contributed by atoms with Crippen LogP contribution in [0.4, 0.5) is 0 Å². The average Bonchev–Trinajstić information content (AvgIpc) is 2.29. The lowest BCUT2D eigenvalue weighted by Gasteiger charge is -2.39. The molecule has 2 heterocycles. The van der Waals surface area contributed by atoms with E-state index in [-0.39, 0.29) is 30.5 Å². The summed E-state index contributed by atoms with van der Waals surface area (Å²) in [5, 5.41) is 3.27. The highest BCUT2D eigenvalue weighted by Gasteiger charge is 2.34. The molecule has 0 spiro atoms. The Bertz CT molecular complexity index is 239. The lowest BCUT2D eigenvalue weighted by Crippen LogP contribution is -2.58. The van der Waals surface area contributed by atoms with Crippen molar-refractivity contribution in [1.82, 2.24) is 10.2 Å². The Kier molecular flexibility index (Phi) is 5.70. The fourth-order valence-electron chi connectivity index (χ4n) is 2.61. The summed E-state index contributed by atoms with van der Waals surface area (Å²) in [5.74, 6) is 0.222. The van der Waals surface area contributed by atoms with E-state index in [1.807, 2.05) is 11.8 Å². The summed E-state index contributed by atoms with van der Waals surface area (Å²) in [7, 11) is 0. The Morgan fingerprint density at radius 1 is 1.35 bits per heavy atom. The molecule has 5 heteroatoms. The van der Waals surface area contributed by atoms with Gasteiger partial charge in [0.05, 0.1) is 12.7 Å². The van der Waals surface area contributed by atoms with Crippen molar-refractivity contribution in [2.75, 3.05) is 19.7 Å². The molecule has 2 rings (SSSR count). The molecule has 100 valence electrons. The summed E-state index contributed by atoms with van der Waals surface area (Å²) in [6.45, 7) is 6.52. The van der Waals surface area contributed by atoms with E-state index in [0.717, 1.165) is 25.9 Å². The SMILES string of the molecule is CC1CCCCN1C(=O)[C@H]1NCCO[C@@H]1C.Cl. The number of carbonyl (C=O) groups excluding carboxylic acids is 1. The highest BCUT2D eigenvalue weighted by Crippen LogP contribution is 2.19. The fourth-order valence-corrected chi connectivity index (χ4v) is 2.61. The number of nitrogens with zero attached hydrogens (tertiary/aromatic N) is 1. The Labute approximate surface area is 109 Å². The molecule has 4 nitrogen and oxygen atoms in total. The van der Waals surface area contributed by atoms with Gasteiger partial charge in [0.1, 0.15) is 6.04 Å². The van der Waals surface area contributed by atoms with Crippen molar-refractivity contribution in [2.45, 2.75) is 51.3 Å². The molecule has 1 amide bonds. The average molecular weight is 263 g/mol. The van der Waals surface area contributed by atoms with E-state index >= 15 is 0 Å². The third-order valence-corrected chi connectivity index (χ3v) is 3.67. The number of rotatable bonds is 1. The van der Waals surface area contributed by atoms with Gasteiger partial charge in [-0.15, -0.1) is 12.4 Å². The van der Waals surface area contributed by atoms with Gasteiger partial charge in [-0.3, -0.25) is 4.79 Å². The summed E-state index contributed by atoms with van der Waals surface area (Å²) >= 11 is 0. The zero-order valence-electron chi connectivity index (χ0n) is 10.6. The smallest absolute Gasteiger partial charge is 0.242 e. The van der Waals surface area contributed by atoms with Gasteiger partial charge < -0.3 is 15.0 Å². The van der Waals surface area contributed by atoms with Crippen molar-refractivity contribution in [3.8, 4) is 0 Å². The lowest BCUT2D eigenvalue weighted by molar-refractivity contribution is -0.142. The Hall–Kier alpha value is -0.320. The van der Waals surface area contributed by atoms with Crippen LogP contribution in [0.1, 0.15) is 33.1 Å². The highest BCUT2D eigenvalue weighted by molar-refractivity contribution is 5.85. The minimum absolute atomic E-state index is 0. The van der Waals surface area contributed by atoms with E-state index in [4.69, 9.17) is 4.74 Å². The molecule has 2 fully saturated rings. The summed E-state index contributed by atoms with van der Waals surface area (Å²) in [5.41, 5.74) is 0. The maximum absolute atomic E-state index is 12.4. The Balaban J connectivity index is 0.00000144. The molecule has 1 unspecified atom stereocenters. The minimum atomic E-state index is -0.144. The molecule has 2 aliphatic heterocycles. The summed E-state index contributed by atoms with van der Waals surface area (Å²) in [4.78, 5) is 14.4. The molecular weight excluding hydrogens is 240 g/mol. The first-order valence-electron chi connectivity index (χ1n) is 6.35. The van der Waals surface area contributed by atoms with E-state index in [0.29, 0.717) is 12.6 Å². The zero-order valence-corrected chi connectivity index (χ0v) is 11.5. The topological polar surface area (TPSA) is 41.6 Å². The van der Waals surface area contributed by atoms with Crippen molar-refractivity contribution < 1.29 is 9.53 Å². The second-order valence-electron chi connectivity index (χ2n) is 4.88. The second kappa shape index (κ2) is 6.57. The molecule has 0 aromatic heterocycles. The van der Waals surface area contributed by atoms with Crippen LogP contribution < -0.4 is 5.32 Å². The predicted molar refractivity (Wildman–Crippen MR) is 69.5 cm³/mol. The van der Waals surface area contributed by atoms with Crippen LogP contribution in [-0.4, -0.2) is 48.7 Å². The van der Waals surface area contributed by atoms with Gasteiger partial charge in [-0.25, -0.2) is 0 Å². The molecule has 0 saturated carbocycles. The number of morpholine rings is 1. The fraction of sp³-hybridized carbons (Fsp3) is 0.917. The first kappa shape index (κ1) is 14.7. The van der Waals surface area contributed by atoms with Crippen molar-refractivity contribution in [3.63, 3.8) is 0 Å². The Morgan fingerprint density at radius 3 is 2.76 bits per heavy atom. The summed E-state index contributed by atoms with van der Waals surface area (Å²) < 4.78 is 5.53. The molecule has 0 radical (unpaired) electrons. The number of hydrogen-bond acceptors (Lipinski definition) is 3. The molecule has 17 heavy (non-hydrogen) atoms. The normalized spacial score (nSPS) is 34.0. The maximum atomic E-state index is 12.4. The lowest BCUT2D eigenvalue weighted by atomic mass is 10.0. The van der Waals surface area contributed by atoms with Crippen LogP contribution in [0.3, 0.4) is 0 Å². The number of piperidine rings is 1. The molecular formula is C12H23ClN2O2. The van der Waals surface area contributed by atoms with Gasteiger partial charge in [0, 0.05) is 19.1 Å². The predicted octanol–water partition coefficient (Wildman–Crippen LogP) is 1.19. The van der Waals surface area contributed by atoms with Gasteiger partial charge >= 0.3 is 0 Å². The van der Waals surface area contributed by atoms with Gasteiger partial charge in [-0.05, 0) is 33.1 Å². The number of halogens is 1. The number of nitrogens with one attached hydrogen (secondary N) is 1. The van der Waals surface area contributed by atoms with Crippen LogP contribution in [0.15, 0.2) is 0 Å². The molecule has 0 aliphatic carbocycles. The third kappa shape index (κ3) is 3.33. The van der Waals surface area contributed by atoms with Gasteiger partial charge in [0.25, 0.3) is 0 Å². The summed E-state index contributed by atoms with van der Waals surface area (Å²) in [6.07, 6.45) is 3.51. The molecule has 2 aliphatic rings. The van der Waals surface area contributed by atoms with Crippen LogP contribution in [0.5, 0.6) is 0 Å². The largest absolute Gasteiger partial charge is 0.375 e. The first-order chi connectivity index (χ1) is 7.70. The highest BCUT2D eigenvalue weighted by atomic mass is 35.5. The van der Waals surface area contributed by atoms with Crippen LogP contribution in [-0.2, 0) is 9.53 Å². The standard InChI is InChI=1S/C12H22N2O2.ClH/c1-9-5-3-4-7-14(9)12(15)11-10(2)16-8-6-13-11;/h9-11,13H,3-8H2,1-2H3;1H/t9?,10-,11+;/m1./s1. The maximum Gasteiger partial charge on any atom is 0.242 e. The monoisotopic (exact) mass is 262 g/mol. The molecule has 0 aromatic rings. The number of likely N-dealkylation sites (tertiary alicyclic amines) is 1. The van der Waals surface area contributed by atoms with E-state index < -0.39 is 0 Å². The molecule has 0 aromatic carbocycles. The number of ether oxygens (including phenoxy) is 1. The van der Waals surface area contributed by atoms with E-state index in [9.17, 15) is 4.79 Å². The quantitative estimate of drug-likeness (QED) is 0.772. The molecule has 2 saturated heterocycles. The first-order valence-corrected chi connectivity index (χ1v) is 6.35. The minimum Gasteiger partial charge on any atom is -0.375 e. The molecule has 1 N–H and O–H groups in total. The van der Waals surface area contributed by atoms with Crippen LogP contribution in [0.25, 0.3) is 0 Å². The number of hydrogen-bond donors (Lipinski definition) is 1. The van der Waals surface area contributed by atoms with Gasteiger partial charge in [-0.1, -0.05) is 0 Å². The van der Waals surface area contributed by atoms with Crippen molar-refractivity contribution in [3.05, 3.63) is 0 Å². The van der Waals surface area contributed by atoms with Crippen molar-refractivity contribution in [2.24, 2.45) is 0 Å². The number of amides is 1. The zero-order chi connectivity index (χ0) is 11.5. The van der Waals surface area contributed by atoms with E-state index in [1.165, 1.54) is 6.42 Å². The van der Waals surface area contributed by atoms with Gasteiger partial charge in [0.2, 0.25) is 5.91 Å². The van der Waals surface area contributed by atoms with Crippen molar-refractivity contribution in [1.29, 1.82) is 0 Å². The van der Waals surface area contributed by atoms with Crippen molar-refractivity contribution >= 4 is 18.3 Å². The molecule has 3 atom stereocenters. The second-order valence-corrected chi connectivity index (χ2v) is 4.88. The molecule has 0 bridgehead atoms. The van der Waals surface area contributed by atoms with Crippen LogP contribution in [0, 0.1) is 0 Å². The van der Waals surface area contributed by atoms with Crippen LogP contribution >= 0.6 is 12.4 Å². The Morgan fingerprint density at radius 2 is 2.12 bits per heavy atom. The third-order valence-electron chi connectivity index (χ3n) is 3.67. The summed E-state index contributed by atoms with van der Waals surface area (Å²) in [6, 6.07) is 0.242. The van der Waals surface area contributed by atoms with E-state index in [2.05, 4.69) is 12.2 Å². The van der Waals surface area contributed by atoms with Gasteiger partial charge in [0.15, 0.2) is 0 Å². The van der Waals surface area contributed by atoms with Gasteiger partial charge in [-0.2, -0.15) is 0 Å². The number of carbonyl (C=O) groups is 1. The van der Waals surface area contributed by atoms with E-state index in [1.54, 1.807) is 0 Å². The van der Waals surface area contributed by atoms with Crippen LogP contribution in [0.2, 0.25) is 0 Å².